The maximum Gasteiger partial charge on any atom is 0.126 e. The Kier molecular flexibility index (Phi) is 3.07. The van der Waals surface area contributed by atoms with Gasteiger partial charge in [0.25, 0.3) is 0 Å². The predicted octanol–water partition coefficient (Wildman–Crippen LogP) is 3.27. The maximum atomic E-state index is 11.1. The lowest BCUT2D eigenvalue weighted by Crippen LogP contribution is -2.25. The summed E-state index contributed by atoms with van der Waals surface area (Å²) in [6.07, 6.45) is 6.80. The summed E-state index contributed by atoms with van der Waals surface area (Å²) in [5.41, 5.74) is 2.72. The van der Waals surface area contributed by atoms with Crippen molar-refractivity contribution in [1.29, 1.82) is 0 Å². The van der Waals surface area contributed by atoms with E-state index in [1.807, 2.05) is 6.08 Å². The normalized spacial score (nSPS) is 28.8. The van der Waals surface area contributed by atoms with Crippen LogP contribution in [0.2, 0.25) is 0 Å². The van der Waals surface area contributed by atoms with Crippen LogP contribution in [0.25, 0.3) is 0 Å². The minimum Gasteiger partial charge on any atom is -0.303 e. The van der Waals surface area contributed by atoms with Gasteiger partial charge in [-0.2, -0.15) is 0 Å². The first-order valence-corrected chi connectivity index (χ1v) is 4.86. The lowest BCUT2D eigenvalue weighted by atomic mass is 9.71. The van der Waals surface area contributed by atoms with E-state index in [0.29, 0.717) is 0 Å². The van der Waals surface area contributed by atoms with Gasteiger partial charge in [0.05, 0.1) is 0 Å². The van der Waals surface area contributed by atoms with Crippen LogP contribution in [0.1, 0.15) is 39.5 Å². The number of carbonyl (C=O) groups is 1. The second-order valence-electron chi connectivity index (χ2n) is 4.21. The van der Waals surface area contributed by atoms with Gasteiger partial charge in [-0.3, -0.25) is 0 Å². The molecule has 72 valence electrons. The third kappa shape index (κ3) is 2.09. The van der Waals surface area contributed by atoms with Crippen LogP contribution in [-0.2, 0) is 4.79 Å². The Balaban J connectivity index is 2.83. The van der Waals surface area contributed by atoms with Crippen molar-refractivity contribution >= 4 is 6.29 Å². The van der Waals surface area contributed by atoms with Crippen molar-refractivity contribution in [2.75, 3.05) is 0 Å². The molecule has 0 radical (unpaired) electrons. The zero-order valence-electron chi connectivity index (χ0n) is 8.60. The van der Waals surface area contributed by atoms with Crippen molar-refractivity contribution in [3.05, 3.63) is 23.8 Å². The Morgan fingerprint density at radius 2 is 2.15 bits per heavy atom. The zero-order valence-corrected chi connectivity index (χ0v) is 8.60. The van der Waals surface area contributed by atoms with Gasteiger partial charge in [-0.1, -0.05) is 17.2 Å². The Morgan fingerprint density at radius 1 is 1.46 bits per heavy atom. The molecule has 0 amide bonds. The lowest BCUT2D eigenvalue weighted by Gasteiger charge is -2.32. The predicted molar refractivity (Wildman–Crippen MR) is 55.5 cm³/mol. The SMILES string of the molecule is C=CC[C@]1(C=O)CCC(C)=C(C)C1. The van der Waals surface area contributed by atoms with Crippen LogP contribution in [0.4, 0.5) is 0 Å². The van der Waals surface area contributed by atoms with Crippen LogP contribution in [0.5, 0.6) is 0 Å². The fourth-order valence-corrected chi connectivity index (χ4v) is 2.03. The standard InChI is InChI=1S/C12H18O/c1-4-6-12(9-13)7-5-10(2)11(3)8-12/h4,9H,1,5-8H2,2-3H3/t12-/m0/s1. The van der Waals surface area contributed by atoms with Gasteiger partial charge < -0.3 is 4.79 Å². The smallest absolute Gasteiger partial charge is 0.126 e. The number of carbonyl (C=O) groups excluding carboxylic acids is 1. The van der Waals surface area contributed by atoms with Gasteiger partial charge in [0.1, 0.15) is 6.29 Å². The van der Waals surface area contributed by atoms with Crippen LogP contribution in [0.15, 0.2) is 23.8 Å². The van der Waals surface area contributed by atoms with Gasteiger partial charge in [0.2, 0.25) is 0 Å². The van der Waals surface area contributed by atoms with E-state index in [1.54, 1.807) is 0 Å². The molecule has 0 aromatic heterocycles. The molecule has 1 aliphatic carbocycles. The summed E-state index contributed by atoms with van der Waals surface area (Å²) in [6.45, 7) is 8.02. The fraction of sp³-hybridized carbons (Fsp3) is 0.583. The molecule has 1 heteroatoms. The quantitative estimate of drug-likeness (QED) is 0.479. The molecule has 0 saturated carbocycles. The number of aldehydes is 1. The van der Waals surface area contributed by atoms with E-state index in [-0.39, 0.29) is 5.41 Å². The van der Waals surface area contributed by atoms with Crippen molar-refractivity contribution in [3.8, 4) is 0 Å². The molecular formula is C12H18O. The molecule has 0 unspecified atom stereocenters. The number of hydrogen-bond acceptors (Lipinski definition) is 1. The molecule has 0 aromatic carbocycles. The van der Waals surface area contributed by atoms with Crippen molar-refractivity contribution in [1.82, 2.24) is 0 Å². The molecule has 0 aliphatic heterocycles. The van der Waals surface area contributed by atoms with E-state index in [0.717, 1.165) is 32.0 Å². The minimum absolute atomic E-state index is 0.134. The van der Waals surface area contributed by atoms with Crippen LogP contribution in [0.3, 0.4) is 0 Å². The van der Waals surface area contributed by atoms with Crippen molar-refractivity contribution in [2.24, 2.45) is 5.41 Å². The van der Waals surface area contributed by atoms with Gasteiger partial charge in [-0.15, -0.1) is 6.58 Å². The molecule has 0 saturated heterocycles. The average molecular weight is 178 g/mol. The molecule has 0 heterocycles. The molecular weight excluding hydrogens is 160 g/mol. The number of hydrogen-bond donors (Lipinski definition) is 0. The molecule has 1 nitrogen and oxygen atoms in total. The summed E-state index contributed by atoms with van der Waals surface area (Å²) in [5.74, 6) is 0. The van der Waals surface area contributed by atoms with Gasteiger partial charge in [0, 0.05) is 5.41 Å². The maximum absolute atomic E-state index is 11.1. The molecule has 0 spiro atoms. The van der Waals surface area contributed by atoms with Crippen molar-refractivity contribution < 1.29 is 4.79 Å². The zero-order chi connectivity index (χ0) is 9.90. The third-order valence-electron chi connectivity index (χ3n) is 3.14. The Bertz CT molecular complexity index is 250. The summed E-state index contributed by atoms with van der Waals surface area (Å²) >= 11 is 0. The van der Waals surface area contributed by atoms with Crippen molar-refractivity contribution in [2.45, 2.75) is 39.5 Å². The van der Waals surface area contributed by atoms with Gasteiger partial charge in [-0.25, -0.2) is 0 Å². The summed E-state index contributed by atoms with van der Waals surface area (Å²) in [6, 6.07) is 0. The van der Waals surface area contributed by atoms with Gasteiger partial charge >= 0.3 is 0 Å². The molecule has 0 N–H and O–H groups in total. The third-order valence-corrected chi connectivity index (χ3v) is 3.14. The van der Waals surface area contributed by atoms with E-state index in [9.17, 15) is 4.79 Å². The highest BCUT2D eigenvalue weighted by molar-refractivity contribution is 5.61. The van der Waals surface area contributed by atoms with E-state index in [2.05, 4.69) is 20.4 Å². The molecule has 1 rings (SSSR count). The van der Waals surface area contributed by atoms with E-state index in [4.69, 9.17) is 0 Å². The van der Waals surface area contributed by atoms with Crippen molar-refractivity contribution in [3.63, 3.8) is 0 Å². The second kappa shape index (κ2) is 3.91. The minimum atomic E-state index is -0.134. The lowest BCUT2D eigenvalue weighted by molar-refractivity contribution is -0.116. The van der Waals surface area contributed by atoms with Crippen LogP contribution >= 0.6 is 0 Å². The first kappa shape index (κ1) is 10.2. The highest BCUT2D eigenvalue weighted by Crippen LogP contribution is 2.40. The Morgan fingerprint density at radius 3 is 2.62 bits per heavy atom. The summed E-state index contributed by atoms with van der Waals surface area (Å²) in [4.78, 5) is 11.1. The van der Waals surface area contributed by atoms with Gasteiger partial charge in [0.15, 0.2) is 0 Å². The molecule has 0 fully saturated rings. The van der Waals surface area contributed by atoms with Gasteiger partial charge in [-0.05, 0) is 39.5 Å². The monoisotopic (exact) mass is 178 g/mol. The molecule has 1 aliphatic rings. The Hall–Kier alpha value is -0.850. The number of allylic oxidation sites excluding steroid dienone is 3. The topological polar surface area (TPSA) is 17.1 Å². The highest BCUT2D eigenvalue weighted by Gasteiger charge is 2.31. The molecule has 0 aromatic rings. The van der Waals surface area contributed by atoms with E-state index >= 15 is 0 Å². The first-order chi connectivity index (χ1) is 6.13. The largest absolute Gasteiger partial charge is 0.303 e. The summed E-state index contributed by atoms with van der Waals surface area (Å²) in [7, 11) is 0. The summed E-state index contributed by atoms with van der Waals surface area (Å²) < 4.78 is 0. The average Bonchev–Trinajstić information content (AvgIpc) is 2.12. The second-order valence-corrected chi connectivity index (χ2v) is 4.21. The fourth-order valence-electron chi connectivity index (χ4n) is 2.03. The number of rotatable bonds is 3. The summed E-state index contributed by atoms with van der Waals surface area (Å²) in [5, 5.41) is 0. The Labute approximate surface area is 80.5 Å². The van der Waals surface area contributed by atoms with Crippen LogP contribution < -0.4 is 0 Å². The highest BCUT2D eigenvalue weighted by atomic mass is 16.1. The van der Waals surface area contributed by atoms with E-state index in [1.165, 1.54) is 11.1 Å². The molecule has 1 atom stereocenters. The molecule has 0 bridgehead atoms. The van der Waals surface area contributed by atoms with E-state index < -0.39 is 0 Å². The van der Waals surface area contributed by atoms with Crippen LogP contribution in [0, 0.1) is 5.41 Å². The first-order valence-electron chi connectivity index (χ1n) is 4.86. The molecule has 13 heavy (non-hydrogen) atoms. The van der Waals surface area contributed by atoms with Crippen LogP contribution in [-0.4, -0.2) is 6.29 Å².